The van der Waals surface area contributed by atoms with E-state index in [0.29, 0.717) is 5.76 Å². The number of benzene rings is 1. The summed E-state index contributed by atoms with van der Waals surface area (Å²) in [4.78, 5) is 11.8. The van der Waals surface area contributed by atoms with Crippen LogP contribution < -0.4 is 5.32 Å². The van der Waals surface area contributed by atoms with Gasteiger partial charge in [-0.05, 0) is 26.1 Å². The fraction of sp³-hybridized carbons (Fsp3) is 0.250. The lowest BCUT2D eigenvalue weighted by Crippen LogP contribution is -2.30. The second-order valence-electron chi connectivity index (χ2n) is 3.52. The van der Waals surface area contributed by atoms with Crippen molar-refractivity contribution in [3.63, 3.8) is 0 Å². The standard InChI is InChI=1S/C12H13NO2/c1-8(13-2)12(14)11-7-9-5-3-4-6-10(9)15-11/h3-8,13H,1-2H3/t8-/m0/s1. The van der Waals surface area contributed by atoms with Gasteiger partial charge in [0.15, 0.2) is 5.76 Å². The molecule has 0 amide bonds. The zero-order valence-corrected chi connectivity index (χ0v) is 8.78. The predicted molar refractivity (Wildman–Crippen MR) is 59.1 cm³/mol. The number of Topliss-reactive ketones (excluding diaryl/α,β-unsaturated/α-hetero) is 1. The number of carbonyl (C=O) groups is 1. The van der Waals surface area contributed by atoms with E-state index >= 15 is 0 Å². The van der Waals surface area contributed by atoms with E-state index in [1.54, 1.807) is 13.1 Å². The van der Waals surface area contributed by atoms with Crippen LogP contribution in [0.4, 0.5) is 0 Å². The van der Waals surface area contributed by atoms with Crippen LogP contribution in [0.3, 0.4) is 0 Å². The summed E-state index contributed by atoms with van der Waals surface area (Å²) in [6.45, 7) is 1.82. The topological polar surface area (TPSA) is 42.2 Å². The predicted octanol–water partition coefficient (Wildman–Crippen LogP) is 2.22. The molecule has 0 saturated heterocycles. The van der Waals surface area contributed by atoms with Gasteiger partial charge < -0.3 is 9.73 Å². The Morgan fingerprint density at radius 1 is 1.40 bits per heavy atom. The van der Waals surface area contributed by atoms with Crippen molar-refractivity contribution in [2.75, 3.05) is 7.05 Å². The number of likely N-dealkylation sites (N-methyl/N-ethyl adjacent to an activating group) is 1. The molecule has 0 unspecified atom stereocenters. The van der Waals surface area contributed by atoms with Crippen LogP contribution >= 0.6 is 0 Å². The lowest BCUT2D eigenvalue weighted by molar-refractivity contribution is 0.0929. The third-order valence-electron chi connectivity index (χ3n) is 2.49. The van der Waals surface area contributed by atoms with Gasteiger partial charge in [-0.1, -0.05) is 18.2 Å². The van der Waals surface area contributed by atoms with Crippen LogP contribution in [0.25, 0.3) is 11.0 Å². The van der Waals surface area contributed by atoms with Gasteiger partial charge >= 0.3 is 0 Å². The quantitative estimate of drug-likeness (QED) is 0.778. The minimum atomic E-state index is -0.217. The van der Waals surface area contributed by atoms with E-state index in [0.717, 1.165) is 11.0 Å². The summed E-state index contributed by atoms with van der Waals surface area (Å²) in [6.07, 6.45) is 0. The summed E-state index contributed by atoms with van der Waals surface area (Å²) in [5.74, 6) is 0.395. The average molecular weight is 203 g/mol. The lowest BCUT2D eigenvalue weighted by Gasteiger charge is -2.04. The van der Waals surface area contributed by atoms with Crippen LogP contribution in [0.15, 0.2) is 34.7 Å². The highest BCUT2D eigenvalue weighted by atomic mass is 16.3. The molecule has 0 fully saturated rings. The maximum Gasteiger partial charge on any atom is 0.214 e. The maximum absolute atomic E-state index is 11.8. The molecule has 0 bridgehead atoms. The summed E-state index contributed by atoms with van der Waals surface area (Å²) in [7, 11) is 1.76. The van der Waals surface area contributed by atoms with Gasteiger partial charge in [0.05, 0.1) is 6.04 Å². The van der Waals surface area contributed by atoms with Crippen molar-refractivity contribution in [1.82, 2.24) is 5.32 Å². The molecule has 0 spiro atoms. The van der Waals surface area contributed by atoms with Crippen LogP contribution in [-0.2, 0) is 0 Å². The molecule has 1 heterocycles. The Kier molecular flexibility index (Phi) is 2.56. The van der Waals surface area contributed by atoms with Crippen molar-refractivity contribution in [1.29, 1.82) is 0 Å². The summed E-state index contributed by atoms with van der Waals surface area (Å²) < 4.78 is 5.46. The van der Waals surface area contributed by atoms with Gasteiger partial charge in [-0.15, -0.1) is 0 Å². The molecule has 1 aromatic heterocycles. The first-order chi connectivity index (χ1) is 7.22. The van der Waals surface area contributed by atoms with Crippen LogP contribution in [0.1, 0.15) is 17.5 Å². The van der Waals surface area contributed by atoms with Crippen LogP contribution in [-0.4, -0.2) is 18.9 Å². The van der Waals surface area contributed by atoms with Crippen molar-refractivity contribution in [2.45, 2.75) is 13.0 Å². The fourth-order valence-corrected chi connectivity index (χ4v) is 1.45. The molecule has 0 aliphatic heterocycles. The number of fused-ring (bicyclic) bond motifs is 1. The van der Waals surface area contributed by atoms with Crippen molar-refractivity contribution < 1.29 is 9.21 Å². The molecule has 0 aliphatic rings. The number of nitrogens with one attached hydrogen (secondary N) is 1. The van der Waals surface area contributed by atoms with E-state index in [-0.39, 0.29) is 11.8 Å². The first kappa shape index (κ1) is 9.93. The fourth-order valence-electron chi connectivity index (χ4n) is 1.45. The number of hydrogen-bond donors (Lipinski definition) is 1. The van der Waals surface area contributed by atoms with E-state index in [1.807, 2.05) is 31.2 Å². The highest BCUT2D eigenvalue weighted by Crippen LogP contribution is 2.19. The molecule has 15 heavy (non-hydrogen) atoms. The molecule has 0 radical (unpaired) electrons. The van der Waals surface area contributed by atoms with Gasteiger partial charge in [-0.3, -0.25) is 4.79 Å². The Labute approximate surface area is 88.1 Å². The molecule has 1 N–H and O–H groups in total. The second kappa shape index (κ2) is 3.87. The Morgan fingerprint density at radius 3 is 2.80 bits per heavy atom. The summed E-state index contributed by atoms with van der Waals surface area (Å²) in [5, 5.41) is 3.86. The third-order valence-corrected chi connectivity index (χ3v) is 2.49. The van der Waals surface area contributed by atoms with E-state index in [2.05, 4.69) is 5.32 Å². The minimum absolute atomic E-state index is 0.0197. The van der Waals surface area contributed by atoms with E-state index < -0.39 is 0 Å². The highest BCUT2D eigenvalue weighted by molar-refractivity contribution is 6.00. The monoisotopic (exact) mass is 203 g/mol. The smallest absolute Gasteiger partial charge is 0.214 e. The lowest BCUT2D eigenvalue weighted by atomic mass is 10.1. The molecule has 0 aliphatic carbocycles. The normalized spacial score (nSPS) is 12.9. The van der Waals surface area contributed by atoms with Gasteiger partial charge in [-0.2, -0.15) is 0 Å². The number of rotatable bonds is 3. The highest BCUT2D eigenvalue weighted by Gasteiger charge is 2.17. The van der Waals surface area contributed by atoms with Gasteiger partial charge in [0.1, 0.15) is 5.58 Å². The van der Waals surface area contributed by atoms with Gasteiger partial charge in [0.2, 0.25) is 5.78 Å². The molecule has 0 saturated carbocycles. The zero-order valence-electron chi connectivity index (χ0n) is 8.78. The van der Waals surface area contributed by atoms with Crippen LogP contribution in [0, 0.1) is 0 Å². The number of ketones is 1. The molecule has 1 aromatic carbocycles. The van der Waals surface area contributed by atoms with E-state index in [1.165, 1.54) is 0 Å². The molecule has 3 heteroatoms. The molecule has 78 valence electrons. The summed E-state index contributed by atoms with van der Waals surface area (Å²) >= 11 is 0. The van der Waals surface area contributed by atoms with Gasteiger partial charge in [-0.25, -0.2) is 0 Å². The number of hydrogen-bond acceptors (Lipinski definition) is 3. The molecular formula is C12H13NO2. The molecular weight excluding hydrogens is 190 g/mol. The van der Waals surface area contributed by atoms with E-state index in [9.17, 15) is 4.79 Å². The SMILES string of the molecule is CN[C@@H](C)C(=O)c1cc2ccccc2o1. The summed E-state index contributed by atoms with van der Waals surface area (Å²) in [5.41, 5.74) is 0.754. The number of para-hydroxylation sites is 1. The Morgan fingerprint density at radius 2 is 2.13 bits per heavy atom. The van der Waals surface area contributed by atoms with Crippen molar-refractivity contribution >= 4 is 16.8 Å². The first-order valence-electron chi connectivity index (χ1n) is 4.92. The Bertz CT molecular complexity index is 454. The zero-order chi connectivity index (χ0) is 10.8. The largest absolute Gasteiger partial charge is 0.453 e. The average Bonchev–Trinajstić information content (AvgIpc) is 2.70. The van der Waals surface area contributed by atoms with Crippen molar-refractivity contribution in [2.24, 2.45) is 0 Å². The van der Waals surface area contributed by atoms with Crippen molar-refractivity contribution in [3.05, 3.63) is 36.1 Å². The van der Waals surface area contributed by atoms with Gasteiger partial charge in [0.25, 0.3) is 0 Å². The molecule has 2 aromatic rings. The molecule has 2 rings (SSSR count). The third kappa shape index (κ3) is 1.78. The number of carbonyl (C=O) groups excluding carboxylic acids is 1. The Hall–Kier alpha value is -1.61. The number of furan rings is 1. The van der Waals surface area contributed by atoms with Crippen molar-refractivity contribution in [3.8, 4) is 0 Å². The Balaban J connectivity index is 2.41. The first-order valence-corrected chi connectivity index (χ1v) is 4.92. The van der Waals surface area contributed by atoms with E-state index in [4.69, 9.17) is 4.42 Å². The second-order valence-corrected chi connectivity index (χ2v) is 3.52. The molecule has 3 nitrogen and oxygen atoms in total. The summed E-state index contributed by atoms with van der Waals surface area (Å²) in [6, 6.07) is 9.17. The van der Waals surface area contributed by atoms with Crippen LogP contribution in [0.5, 0.6) is 0 Å². The minimum Gasteiger partial charge on any atom is -0.453 e. The molecule has 1 atom stereocenters. The maximum atomic E-state index is 11.8. The van der Waals surface area contributed by atoms with Gasteiger partial charge in [0, 0.05) is 5.39 Å². The van der Waals surface area contributed by atoms with Crippen LogP contribution in [0.2, 0.25) is 0 Å².